The molecule has 3 N–H and O–H groups in total. The van der Waals surface area contributed by atoms with Gasteiger partial charge in [0.1, 0.15) is 0 Å². The fourth-order valence-electron chi connectivity index (χ4n) is 3.11. The number of hydrogen-bond acceptors (Lipinski definition) is 3. The van der Waals surface area contributed by atoms with E-state index in [9.17, 15) is 8.42 Å². The number of sulfonamides is 1. The first kappa shape index (κ1) is 16.5. The lowest BCUT2D eigenvalue weighted by atomic mass is 9.76. The summed E-state index contributed by atoms with van der Waals surface area (Å²) in [5, 5.41) is 0. The average molecular weight is 310 g/mol. The molecule has 5 heteroatoms. The Balaban J connectivity index is 2.18. The van der Waals surface area contributed by atoms with Gasteiger partial charge < -0.3 is 5.73 Å². The molecule has 0 aromatic heterocycles. The van der Waals surface area contributed by atoms with E-state index in [2.05, 4.69) is 11.6 Å². The van der Waals surface area contributed by atoms with Gasteiger partial charge in [-0.3, -0.25) is 0 Å². The van der Waals surface area contributed by atoms with Crippen molar-refractivity contribution in [3.63, 3.8) is 0 Å². The van der Waals surface area contributed by atoms with Crippen molar-refractivity contribution in [1.29, 1.82) is 0 Å². The molecule has 0 amide bonds. The van der Waals surface area contributed by atoms with Crippen molar-refractivity contribution in [2.24, 2.45) is 11.7 Å². The van der Waals surface area contributed by atoms with Crippen LogP contribution in [0.4, 0.5) is 0 Å². The van der Waals surface area contributed by atoms with E-state index < -0.39 is 15.6 Å². The Hall–Kier alpha value is -0.910. The van der Waals surface area contributed by atoms with Crippen LogP contribution in [0.2, 0.25) is 0 Å². The quantitative estimate of drug-likeness (QED) is 0.878. The Kier molecular flexibility index (Phi) is 5.07. The average Bonchev–Trinajstić information content (AvgIpc) is 2.47. The maximum Gasteiger partial charge on any atom is 0.241 e. The minimum Gasteiger partial charge on any atom is -0.329 e. The molecule has 4 nitrogen and oxygen atoms in total. The van der Waals surface area contributed by atoms with Crippen LogP contribution in [-0.2, 0) is 10.0 Å². The summed E-state index contributed by atoms with van der Waals surface area (Å²) in [6.07, 6.45) is 4.90. The first-order chi connectivity index (χ1) is 9.91. The van der Waals surface area contributed by atoms with E-state index in [1.54, 1.807) is 18.2 Å². The number of benzene rings is 1. The largest absolute Gasteiger partial charge is 0.329 e. The third kappa shape index (κ3) is 3.84. The first-order valence-corrected chi connectivity index (χ1v) is 9.20. The summed E-state index contributed by atoms with van der Waals surface area (Å²) in [4.78, 5) is 0.327. The van der Waals surface area contributed by atoms with Gasteiger partial charge in [0.25, 0.3) is 0 Å². The van der Waals surface area contributed by atoms with Crippen LogP contribution in [0.25, 0.3) is 0 Å². The number of nitrogens with one attached hydrogen (secondary N) is 1. The van der Waals surface area contributed by atoms with E-state index in [-0.39, 0.29) is 0 Å². The topological polar surface area (TPSA) is 72.2 Å². The van der Waals surface area contributed by atoms with Crippen LogP contribution < -0.4 is 10.5 Å². The fraction of sp³-hybridized carbons (Fsp3) is 0.625. The van der Waals surface area contributed by atoms with Crippen molar-refractivity contribution >= 4 is 10.0 Å². The maximum atomic E-state index is 12.6. The lowest BCUT2D eigenvalue weighted by Crippen LogP contribution is -2.55. The van der Waals surface area contributed by atoms with Gasteiger partial charge in [-0.15, -0.1) is 0 Å². The number of nitrogens with two attached hydrogens (primary N) is 1. The molecular weight excluding hydrogens is 284 g/mol. The van der Waals surface area contributed by atoms with Gasteiger partial charge in [-0.1, -0.05) is 25.5 Å². The molecule has 0 heterocycles. The van der Waals surface area contributed by atoms with Crippen molar-refractivity contribution in [2.45, 2.75) is 56.4 Å². The van der Waals surface area contributed by atoms with Gasteiger partial charge in [0, 0.05) is 12.1 Å². The molecule has 2 rings (SSSR count). The molecule has 0 saturated heterocycles. The maximum absolute atomic E-state index is 12.6. The molecule has 0 unspecified atom stereocenters. The van der Waals surface area contributed by atoms with E-state index in [0.29, 0.717) is 17.4 Å². The summed E-state index contributed by atoms with van der Waals surface area (Å²) in [7, 11) is -3.51. The highest BCUT2D eigenvalue weighted by atomic mass is 32.2. The Bertz CT molecular complexity index is 576. The minimum atomic E-state index is -3.51. The van der Waals surface area contributed by atoms with E-state index >= 15 is 0 Å². The van der Waals surface area contributed by atoms with Gasteiger partial charge in [0.2, 0.25) is 10.0 Å². The Morgan fingerprint density at radius 1 is 1.33 bits per heavy atom. The van der Waals surface area contributed by atoms with Gasteiger partial charge in [0.15, 0.2) is 0 Å². The zero-order valence-corrected chi connectivity index (χ0v) is 13.7. The van der Waals surface area contributed by atoms with Gasteiger partial charge >= 0.3 is 0 Å². The molecule has 0 bridgehead atoms. The number of hydrogen-bond donors (Lipinski definition) is 2. The minimum absolute atomic E-state index is 0.327. The smallest absolute Gasteiger partial charge is 0.241 e. The number of aryl methyl sites for hydroxylation is 1. The Morgan fingerprint density at radius 3 is 2.52 bits per heavy atom. The van der Waals surface area contributed by atoms with Crippen LogP contribution in [-0.4, -0.2) is 20.5 Å². The third-order valence-electron chi connectivity index (χ3n) is 4.68. The monoisotopic (exact) mass is 310 g/mol. The van der Waals surface area contributed by atoms with Crippen LogP contribution in [0, 0.1) is 12.8 Å². The first-order valence-electron chi connectivity index (χ1n) is 7.71. The Labute approximate surface area is 128 Å². The predicted molar refractivity (Wildman–Crippen MR) is 85.5 cm³/mol. The molecular formula is C16H26N2O2S. The van der Waals surface area contributed by atoms with Gasteiger partial charge in [-0.2, -0.15) is 0 Å². The zero-order chi connectivity index (χ0) is 15.5. The lowest BCUT2D eigenvalue weighted by Gasteiger charge is -2.39. The molecule has 1 aliphatic rings. The second-order valence-electron chi connectivity index (χ2n) is 6.26. The van der Waals surface area contributed by atoms with E-state index in [1.165, 1.54) is 0 Å². The van der Waals surface area contributed by atoms with Crippen LogP contribution in [0.1, 0.15) is 44.6 Å². The van der Waals surface area contributed by atoms with Crippen LogP contribution >= 0.6 is 0 Å². The lowest BCUT2D eigenvalue weighted by molar-refractivity contribution is 0.217. The third-order valence-corrected chi connectivity index (χ3v) is 6.26. The van der Waals surface area contributed by atoms with E-state index in [1.807, 2.05) is 13.0 Å². The van der Waals surface area contributed by atoms with Crippen LogP contribution in [0.3, 0.4) is 0 Å². The second-order valence-corrected chi connectivity index (χ2v) is 7.94. The van der Waals surface area contributed by atoms with Crippen molar-refractivity contribution in [3.8, 4) is 0 Å². The molecule has 1 aliphatic carbocycles. The molecule has 21 heavy (non-hydrogen) atoms. The molecule has 1 aromatic carbocycles. The normalized spacial score (nSPS) is 26.7. The highest BCUT2D eigenvalue weighted by molar-refractivity contribution is 7.89. The molecule has 0 aliphatic heterocycles. The molecule has 0 spiro atoms. The standard InChI is InChI=1S/C16H26N2O2S/c1-3-14-7-9-16(12-17,10-8-14)18-21(19,20)15-6-4-5-13(2)11-15/h4-6,11,14,18H,3,7-10,12,17H2,1-2H3. The summed E-state index contributed by atoms with van der Waals surface area (Å²) < 4.78 is 28.1. The van der Waals surface area contributed by atoms with Gasteiger partial charge in [-0.05, 0) is 56.2 Å². The number of rotatable bonds is 5. The summed E-state index contributed by atoms with van der Waals surface area (Å²) in [6, 6.07) is 7.00. The van der Waals surface area contributed by atoms with Crippen molar-refractivity contribution in [1.82, 2.24) is 4.72 Å². The van der Waals surface area contributed by atoms with E-state index in [4.69, 9.17) is 5.73 Å². The van der Waals surface area contributed by atoms with Gasteiger partial charge in [-0.25, -0.2) is 13.1 Å². The zero-order valence-electron chi connectivity index (χ0n) is 12.9. The van der Waals surface area contributed by atoms with Crippen LogP contribution in [0.5, 0.6) is 0 Å². The summed E-state index contributed by atoms with van der Waals surface area (Å²) >= 11 is 0. The van der Waals surface area contributed by atoms with Crippen molar-refractivity contribution in [3.05, 3.63) is 29.8 Å². The molecule has 1 fully saturated rings. The summed E-state index contributed by atoms with van der Waals surface area (Å²) in [6.45, 7) is 4.44. The fourth-order valence-corrected chi connectivity index (χ4v) is 4.69. The van der Waals surface area contributed by atoms with Crippen LogP contribution in [0.15, 0.2) is 29.2 Å². The second kappa shape index (κ2) is 6.46. The molecule has 118 valence electrons. The summed E-state index contributed by atoms with van der Waals surface area (Å²) in [5.41, 5.74) is 6.37. The predicted octanol–water partition coefficient (Wildman–Crippen LogP) is 2.57. The molecule has 0 atom stereocenters. The molecule has 1 saturated carbocycles. The van der Waals surface area contributed by atoms with Crippen molar-refractivity contribution < 1.29 is 8.42 Å². The van der Waals surface area contributed by atoms with E-state index in [0.717, 1.165) is 37.7 Å². The van der Waals surface area contributed by atoms with Crippen molar-refractivity contribution in [2.75, 3.05) is 6.54 Å². The molecule has 0 radical (unpaired) electrons. The highest BCUT2D eigenvalue weighted by Crippen LogP contribution is 2.34. The molecule has 1 aromatic rings. The highest BCUT2D eigenvalue weighted by Gasteiger charge is 2.37. The van der Waals surface area contributed by atoms with Gasteiger partial charge in [0.05, 0.1) is 4.90 Å². The Morgan fingerprint density at radius 2 is 2.00 bits per heavy atom. The summed E-state index contributed by atoms with van der Waals surface area (Å²) in [5.74, 6) is 0.702. The SMILES string of the molecule is CCC1CCC(CN)(NS(=O)(=O)c2cccc(C)c2)CC1.